The summed E-state index contributed by atoms with van der Waals surface area (Å²) in [4.78, 5) is 2.79. The lowest BCUT2D eigenvalue weighted by Crippen LogP contribution is -2.46. The molecule has 1 aromatic rings. The standard InChI is InChI=1S/C22H34N2S/c1-17-9-13-23(14-10-17)19-11-15-24(16-12-19)25-22-8-7-18(2)20-5-3-4-6-21(20)22/h3-6,17-19,22H,7-16H2,1-2H3/t18-,22?/m1/s1. The van der Waals surface area contributed by atoms with E-state index in [9.17, 15) is 0 Å². The predicted octanol–water partition coefficient (Wildman–Crippen LogP) is 5.47. The van der Waals surface area contributed by atoms with Crippen molar-refractivity contribution in [3.63, 3.8) is 0 Å². The molecule has 0 amide bonds. The lowest BCUT2D eigenvalue weighted by atomic mass is 9.84. The van der Waals surface area contributed by atoms with E-state index >= 15 is 0 Å². The summed E-state index contributed by atoms with van der Waals surface area (Å²) in [5.74, 6) is 1.68. The molecule has 4 rings (SSSR count). The van der Waals surface area contributed by atoms with Crippen molar-refractivity contribution in [3.05, 3.63) is 35.4 Å². The molecule has 0 radical (unpaired) electrons. The average molecular weight is 359 g/mol. The molecule has 2 heterocycles. The minimum atomic E-state index is 0.680. The molecule has 3 aliphatic rings. The van der Waals surface area contributed by atoms with Crippen LogP contribution in [0.5, 0.6) is 0 Å². The maximum absolute atomic E-state index is 2.79. The van der Waals surface area contributed by atoms with Crippen molar-refractivity contribution in [2.45, 2.75) is 69.6 Å². The van der Waals surface area contributed by atoms with E-state index in [-0.39, 0.29) is 0 Å². The van der Waals surface area contributed by atoms with Gasteiger partial charge in [0.2, 0.25) is 0 Å². The Hall–Kier alpha value is -0.510. The van der Waals surface area contributed by atoms with Gasteiger partial charge in [0.1, 0.15) is 0 Å². The molecular formula is C22H34N2S. The van der Waals surface area contributed by atoms with Gasteiger partial charge >= 0.3 is 0 Å². The molecule has 2 atom stereocenters. The fourth-order valence-corrected chi connectivity index (χ4v) is 6.31. The number of likely N-dealkylation sites (tertiary alicyclic amines) is 1. The first-order chi connectivity index (χ1) is 12.2. The SMILES string of the molecule is CC1CCN(C2CCN(SC3CC[C@@H](C)c4ccccc43)CC2)CC1. The number of piperidine rings is 2. The molecule has 0 saturated carbocycles. The summed E-state index contributed by atoms with van der Waals surface area (Å²) < 4.78 is 2.68. The second kappa shape index (κ2) is 8.02. The van der Waals surface area contributed by atoms with E-state index in [4.69, 9.17) is 0 Å². The second-order valence-electron chi connectivity index (χ2n) is 8.58. The molecule has 2 saturated heterocycles. The van der Waals surface area contributed by atoms with Gasteiger partial charge in [-0.05, 0) is 74.6 Å². The Bertz CT molecular complexity index is 559. The Morgan fingerprint density at radius 3 is 2.20 bits per heavy atom. The highest BCUT2D eigenvalue weighted by molar-refractivity contribution is 7.97. The Labute approximate surface area is 158 Å². The van der Waals surface area contributed by atoms with Crippen LogP contribution in [0.25, 0.3) is 0 Å². The van der Waals surface area contributed by atoms with Crippen molar-refractivity contribution in [1.82, 2.24) is 9.21 Å². The Morgan fingerprint density at radius 1 is 0.800 bits per heavy atom. The van der Waals surface area contributed by atoms with Crippen LogP contribution in [0.15, 0.2) is 24.3 Å². The highest BCUT2D eigenvalue weighted by Crippen LogP contribution is 2.46. The van der Waals surface area contributed by atoms with Crippen LogP contribution >= 0.6 is 11.9 Å². The van der Waals surface area contributed by atoms with Gasteiger partial charge in [0.25, 0.3) is 0 Å². The molecule has 2 fully saturated rings. The van der Waals surface area contributed by atoms with Crippen LogP contribution in [0.2, 0.25) is 0 Å². The van der Waals surface area contributed by atoms with Crippen LogP contribution in [0.1, 0.15) is 74.7 Å². The lowest BCUT2D eigenvalue weighted by Gasteiger charge is -2.42. The first-order valence-electron chi connectivity index (χ1n) is 10.5. The van der Waals surface area contributed by atoms with Crippen molar-refractivity contribution in [2.75, 3.05) is 26.2 Å². The third-order valence-corrected chi connectivity index (χ3v) is 8.18. The van der Waals surface area contributed by atoms with Gasteiger partial charge in [0.15, 0.2) is 0 Å². The Kier molecular flexibility index (Phi) is 5.74. The molecule has 2 aliphatic heterocycles. The van der Waals surface area contributed by atoms with Gasteiger partial charge in [-0.25, -0.2) is 4.31 Å². The van der Waals surface area contributed by atoms with Crippen molar-refractivity contribution in [3.8, 4) is 0 Å². The van der Waals surface area contributed by atoms with E-state index in [0.717, 1.165) is 17.9 Å². The van der Waals surface area contributed by atoms with Gasteiger partial charge < -0.3 is 4.90 Å². The van der Waals surface area contributed by atoms with Gasteiger partial charge in [-0.15, -0.1) is 0 Å². The maximum Gasteiger partial charge on any atom is 0.0447 e. The van der Waals surface area contributed by atoms with Gasteiger partial charge in [-0.2, -0.15) is 0 Å². The molecule has 3 heteroatoms. The minimum Gasteiger partial charge on any atom is -0.300 e. The number of nitrogens with zero attached hydrogens (tertiary/aromatic N) is 2. The molecule has 25 heavy (non-hydrogen) atoms. The molecule has 2 nitrogen and oxygen atoms in total. The van der Waals surface area contributed by atoms with E-state index in [1.807, 2.05) is 0 Å². The maximum atomic E-state index is 2.79. The van der Waals surface area contributed by atoms with Crippen molar-refractivity contribution in [2.24, 2.45) is 5.92 Å². The minimum absolute atomic E-state index is 0.680. The van der Waals surface area contributed by atoms with Crippen molar-refractivity contribution in [1.29, 1.82) is 0 Å². The topological polar surface area (TPSA) is 6.48 Å². The third kappa shape index (κ3) is 4.09. The fourth-order valence-electron chi connectivity index (χ4n) is 4.96. The monoisotopic (exact) mass is 358 g/mol. The van der Waals surface area contributed by atoms with Gasteiger partial charge in [0.05, 0.1) is 0 Å². The zero-order valence-electron chi connectivity index (χ0n) is 16.0. The third-order valence-electron chi connectivity index (χ3n) is 6.77. The summed E-state index contributed by atoms with van der Waals surface area (Å²) in [6, 6.07) is 10.0. The highest BCUT2D eigenvalue weighted by Gasteiger charge is 2.30. The Balaban J connectivity index is 1.31. The van der Waals surface area contributed by atoms with E-state index in [0.29, 0.717) is 5.25 Å². The van der Waals surface area contributed by atoms with Crippen LogP contribution in [-0.4, -0.2) is 41.4 Å². The average Bonchev–Trinajstić information content (AvgIpc) is 2.66. The zero-order chi connectivity index (χ0) is 17.2. The number of hydrogen-bond donors (Lipinski definition) is 0. The summed E-state index contributed by atoms with van der Waals surface area (Å²) in [5.41, 5.74) is 3.21. The van der Waals surface area contributed by atoms with Crippen molar-refractivity contribution >= 4 is 11.9 Å². The number of fused-ring (bicyclic) bond motifs is 1. The Morgan fingerprint density at radius 2 is 1.48 bits per heavy atom. The highest BCUT2D eigenvalue weighted by atomic mass is 32.2. The van der Waals surface area contributed by atoms with Crippen LogP contribution < -0.4 is 0 Å². The molecular weight excluding hydrogens is 324 g/mol. The van der Waals surface area contributed by atoms with Crippen LogP contribution in [0.4, 0.5) is 0 Å². The van der Waals surface area contributed by atoms with E-state index in [1.54, 1.807) is 11.1 Å². The van der Waals surface area contributed by atoms with E-state index < -0.39 is 0 Å². The normalized spacial score (nSPS) is 30.3. The van der Waals surface area contributed by atoms with Crippen LogP contribution in [0, 0.1) is 5.92 Å². The molecule has 1 unspecified atom stereocenters. The van der Waals surface area contributed by atoms with E-state index in [2.05, 4.69) is 59.3 Å². The lowest BCUT2D eigenvalue weighted by molar-refractivity contribution is 0.103. The first-order valence-corrected chi connectivity index (χ1v) is 11.3. The molecule has 0 N–H and O–H groups in total. The summed E-state index contributed by atoms with van der Waals surface area (Å²) in [6.45, 7) is 10.0. The first kappa shape index (κ1) is 17.9. The van der Waals surface area contributed by atoms with Gasteiger partial charge in [0, 0.05) is 24.4 Å². The van der Waals surface area contributed by atoms with E-state index in [1.165, 1.54) is 64.7 Å². The molecule has 1 aliphatic carbocycles. The molecule has 0 aromatic heterocycles. The molecule has 0 bridgehead atoms. The van der Waals surface area contributed by atoms with Crippen LogP contribution in [-0.2, 0) is 0 Å². The smallest absolute Gasteiger partial charge is 0.0447 e. The second-order valence-corrected chi connectivity index (χ2v) is 9.88. The summed E-state index contributed by atoms with van der Waals surface area (Å²) in [7, 11) is 0. The molecule has 138 valence electrons. The summed E-state index contributed by atoms with van der Waals surface area (Å²) in [6.07, 6.45) is 8.24. The number of rotatable bonds is 3. The summed E-state index contributed by atoms with van der Waals surface area (Å²) >= 11 is 2.15. The van der Waals surface area contributed by atoms with Crippen LogP contribution in [0.3, 0.4) is 0 Å². The zero-order valence-corrected chi connectivity index (χ0v) is 16.8. The largest absolute Gasteiger partial charge is 0.300 e. The number of benzene rings is 1. The molecule has 0 spiro atoms. The predicted molar refractivity (Wildman–Crippen MR) is 109 cm³/mol. The van der Waals surface area contributed by atoms with Gasteiger partial charge in [-0.1, -0.05) is 50.1 Å². The summed E-state index contributed by atoms with van der Waals surface area (Å²) in [5, 5.41) is 0.680. The van der Waals surface area contributed by atoms with Crippen molar-refractivity contribution < 1.29 is 0 Å². The number of hydrogen-bond acceptors (Lipinski definition) is 3. The fraction of sp³-hybridized carbons (Fsp3) is 0.727. The van der Waals surface area contributed by atoms with Gasteiger partial charge in [-0.3, -0.25) is 0 Å². The quantitative estimate of drug-likeness (QED) is 0.662. The molecule has 1 aromatic carbocycles.